The lowest BCUT2D eigenvalue weighted by atomic mass is 9.92. The van der Waals surface area contributed by atoms with Crippen molar-refractivity contribution in [2.75, 3.05) is 37.0 Å². The van der Waals surface area contributed by atoms with Gasteiger partial charge < -0.3 is 20.5 Å². The van der Waals surface area contributed by atoms with Gasteiger partial charge in [-0.1, -0.05) is 20.8 Å². The normalized spacial score (nSPS) is 22.4. The van der Waals surface area contributed by atoms with Crippen LogP contribution in [0, 0.1) is 24.7 Å². The number of ether oxygens (including phenoxy) is 1. The highest BCUT2D eigenvalue weighted by molar-refractivity contribution is 7.21. The minimum atomic E-state index is 0.229. The zero-order valence-electron chi connectivity index (χ0n) is 20.9. The van der Waals surface area contributed by atoms with Crippen LogP contribution in [0.25, 0.3) is 20.8 Å². The zero-order valence-corrected chi connectivity index (χ0v) is 21.7. The van der Waals surface area contributed by atoms with Crippen molar-refractivity contribution < 1.29 is 9.84 Å². The molecule has 34 heavy (non-hydrogen) atoms. The molecular formula is C26H37N5O2S. The van der Waals surface area contributed by atoms with E-state index < -0.39 is 0 Å². The molecule has 7 nitrogen and oxygen atoms in total. The lowest BCUT2D eigenvalue weighted by Crippen LogP contribution is -2.25. The topological polar surface area (TPSA) is 92.2 Å². The first-order valence-electron chi connectivity index (χ1n) is 12.4. The number of rotatable bonds is 10. The molecule has 0 aromatic carbocycles. The number of pyridine rings is 2. The summed E-state index contributed by atoms with van der Waals surface area (Å²) in [5, 5.41) is 18.1. The predicted octanol–water partition coefficient (Wildman–Crippen LogP) is 5.14. The Bertz CT molecular complexity index is 1090. The molecule has 1 aliphatic rings. The van der Waals surface area contributed by atoms with Crippen molar-refractivity contribution >= 4 is 33.2 Å². The molecular weight excluding hydrogens is 446 g/mol. The van der Waals surface area contributed by atoms with E-state index in [0.717, 1.165) is 45.3 Å². The van der Waals surface area contributed by atoms with Crippen LogP contribution in [0.3, 0.4) is 0 Å². The first-order valence-corrected chi connectivity index (χ1v) is 13.2. The number of aromatic nitrogens is 3. The zero-order chi connectivity index (χ0) is 24.2. The van der Waals surface area contributed by atoms with Crippen LogP contribution in [0.4, 0.5) is 11.6 Å². The molecule has 1 saturated carbocycles. The van der Waals surface area contributed by atoms with E-state index in [-0.39, 0.29) is 12.6 Å². The van der Waals surface area contributed by atoms with Crippen molar-refractivity contribution in [1.29, 1.82) is 0 Å². The molecule has 1 aliphatic carbocycles. The number of anilines is 2. The van der Waals surface area contributed by atoms with E-state index in [1.807, 2.05) is 25.4 Å². The Labute approximate surface area is 206 Å². The van der Waals surface area contributed by atoms with Crippen LogP contribution in [0.2, 0.25) is 0 Å². The number of aliphatic hydroxyl groups is 1. The van der Waals surface area contributed by atoms with Crippen LogP contribution in [0.15, 0.2) is 18.5 Å². The van der Waals surface area contributed by atoms with Gasteiger partial charge in [0.1, 0.15) is 22.2 Å². The maximum Gasteiger partial charge on any atom is 0.139 e. The minimum Gasteiger partial charge on any atom is -0.396 e. The average molecular weight is 484 g/mol. The largest absolute Gasteiger partial charge is 0.396 e. The Morgan fingerprint density at radius 2 is 2.00 bits per heavy atom. The van der Waals surface area contributed by atoms with Gasteiger partial charge in [-0.15, -0.1) is 11.3 Å². The van der Waals surface area contributed by atoms with E-state index in [1.54, 1.807) is 11.3 Å². The van der Waals surface area contributed by atoms with Gasteiger partial charge in [0, 0.05) is 32.0 Å². The summed E-state index contributed by atoms with van der Waals surface area (Å²) >= 11 is 1.68. The first-order chi connectivity index (χ1) is 16.5. The van der Waals surface area contributed by atoms with Crippen LogP contribution < -0.4 is 10.6 Å². The molecule has 0 amide bonds. The van der Waals surface area contributed by atoms with Crippen molar-refractivity contribution in [3.8, 4) is 10.6 Å². The lowest BCUT2D eigenvalue weighted by Gasteiger charge is -2.24. The van der Waals surface area contributed by atoms with E-state index in [2.05, 4.69) is 43.3 Å². The molecule has 0 radical (unpaired) electrons. The highest BCUT2D eigenvalue weighted by atomic mass is 32.1. The fraction of sp³-hybridized carbons (Fsp3) is 0.577. The number of nitrogens with zero attached hydrogens (tertiary/aromatic N) is 3. The molecule has 0 aliphatic heterocycles. The number of nitrogens with one attached hydrogen (secondary N) is 2. The second kappa shape index (κ2) is 11.0. The summed E-state index contributed by atoms with van der Waals surface area (Å²) in [5.74, 6) is 2.98. The highest BCUT2D eigenvalue weighted by Gasteiger charge is 2.38. The SMILES string of the molecule is CCOCCNc1nc(NC2CC(CO)C(C)C2C)c(-c2nc3cnccc3s2)c(C)c1CC. The van der Waals surface area contributed by atoms with Gasteiger partial charge in [0.25, 0.3) is 0 Å². The number of thiazole rings is 1. The second-order valence-corrected chi connectivity index (χ2v) is 10.3. The fourth-order valence-corrected chi connectivity index (χ4v) is 6.15. The van der Waals surface area contributed by atoms with E-state index in [1.165, 1.54) is 11.1 Å². The van der Waals surface area contributed by atoms with Gasteiger partial charge in [-0.25, -0.2) is 9.97 Å². The third-order valence-corrected chi connectivity index (χ3v) is 8.45. The summed E-state index contributed by atoms with van der Waals surface area (Å²) in [6.45, 7) is 13.2. The number of hydrogen-bond acceptors (Lipinski definition) is 8. The van der Waals surface area contributed by atoms with Gasteiger partial charge in [-0.05, 0) is 61.6 Å². The van der Waals surface area contributed by atoms with Gasteiger partial charge in [-0.2, -0.15) is 0 Å². The molecule has 4 atom stereocenters. The third kappa shape index (κ3) is 4.90. The summed E-state index contributed by atoms with van der Waals surface area (Å²) in [6, 6.07) is 2.26. The van der Waals surface area contributed by atoms with Gasteiger partial charge in [-0.3, -0.25) is 4.98 Å². The fourth-order valence-electron chi connectivity index (χ4n) is 5.12. The Kier molecular flexibility index (Phi) is 8.01. The Morgan fingerprint density at radius 1 is 1.18 bits per heavy atom. The quantitative estimate of drug-likeness (QED) is 0.344. The van der Waals surface area contributed by atoms with E-state index in [9.17, 15) is 5.11 Å². The molecule has 184 valence electrons. The maximum absolute atomic E-state index is 9.87. The molecule has 3 heterocycles. The maximum atomic E-state index is 9.87. The van der Waals surface area contributed by atoms with Crippen molar-refractivity contribution in [3.05, 3.63) is 29.6 Å². The van der Waals surface area contributed by atoms with Crippen molar-refractivity contribution in [3.63, 3.8) is 0 Å². The van der Waals surface area contributed by atoms with Crippen LogP contribution in [-0.4, -0.2) is 52.5 Å². The Balaban J connectivity index is 1.78. The summed E-state index contributed by atoms with van der Waals surface area (Å²) in [6.07, 6.45) is 5.45. The minimum absolute atomic E-state index is 0.229. The molecule has 4 rings (SSSR count). The molecule has 0 bridgehead atoms. The van der Waals surface area contributed by atoms with Gasteiger partial charge >= 0.3 is 0 Å². The Hall–Kier alpha value is -2.29. The van der Waals surface area contributed by atoms with Crippen LogP contribution in [0.5, 0.6) is 0 Å². The van der Waals surface area contributed by atoms with E-state index in [4.69, 9.17) is 14.7 Å². The molecule has 4 unspecified atom stereocenters. The third-order valence-electron chi connectivity index (χ3n) is 7.40. The molecule has 3 aromatic rings. The van der Waals surface area contributed by atoms with Gasteiger partial charge in [0.2, 0.25) is 0 Å². The highest BCUT2D eigenvalue weighted by Crippen LogP contribution is 2.42. The second-order valence-electron chi connectivity index (χ2n) is 9.27. The molecule has 3 aromatic heterocycles. The average Bonchev–Trinajstić information content (AvgIpc) is 3.38. The van der Waals surface area contributed by atoms with E-state index >= 15 is 0 Å². The van der Waals surface area contributed by atoms with Crippen LogP contribution in [0.1, 0.15) is 45.2 Å². The molecule has 0 saturated heterocycles. The lowest BCUT2D eigenvalue weighted by molar-refractivity contribution is 0.158. The molecule has 3 N–H and O–H groups in total. The molecule has 0 spiro atoms. The summed E-state index contributed by atoms with van der Waals surface area (Å²) in [7, 11) is 0. The molecule has 1 fully saturated rings. The van der Waals surface area contributed by atoms with E-state index in [0.29, 0.717) is 37.5 Å². The van der Waals surface area contributed by atoms with Gasteiger partial charge in [0.15, 0.2) is 0 Å². The number of fused-ring (bicyclic) bond motifs is 1. The number of aliphatic hydroxyl groups excluding tert-OH is 1. The van der Waals surface area contributed by atoms with Gasteiger partial charge in [0.05, 0.1) is 23.1 Å². The summed E-state index contributed by atoms with van der Waals surface area (Å²) < 4.78 is 6.65. The monoisotopic (exact) mass is 483 g/mol. The summed E-state index contributed by atoms with van der Waals surface area (Å²) in [4.78, 5) is 14.3. The molecule has 8 heteroatoms. The van der Waals surface area contributed by atoms with Crippen molar-refractivity contribution in [2.45, 2.75) is 53.5 Å². The van der Waals surface area contributed by atoms with Crippen molar-refractivity contribution in [1.82, 2.24) is 15.0 Å². The number of hydrogen-bond donors (Lipinski definition) is 3. The smallest absolute Gasteiger partial charge is 0.139 e. The van der Waals surface area contributed by atoms with Crippen LogP contribution >= 0.6 is 11.3 Å². The predicted molar refractivity (Wildman–Crippen MR) is 141 cm³/mol. The van der Waals surface area contributed by atoms with Crippen LogP contribution in [-0.2, 0) is 11.2 Å². The first kappa shape index (κ1) is 24.8. The standard InChI is InChI=1S/C26H37N5O2S/c1-6-19-17(5)23(26-30-21-13-27-9-8-22(21)34-26)25(31-24(19)28-10-11-33-7-2)29-20-12-18(14-32)15(3)16(20)4/h8-9,13,15-16,18,20,32H,6-7,10-12,14H2,1-5H3,(H2,28,29,31). The Morgan fingerprint density at radius 3 is 2.68 bits per heavy atom. The van der Waals surface area contributed by atoms with Crippen molar-refractivity contribution in [2.24, 2.45) is 17.8 Å². The summed E-state index contributed by atoms with van der Waals surface area (Å²) in [5.41, 5.74) is 4.38.